The molecule has 0 saturated carbocycles. The number of nitrogens with zero attached hydrogens (tertiary/aromatic N) is 2. The van der Waals surface area contributed by atoms with Crippen LogP contribution in [0.4, 0.5) is 0 Å². The van der Waals surface area contributed by atoms with Gasteiger partial charge in [-0.05, 0) is 53.1 Å². The lowest BCUT2D eigenvalue weighted by Gasteiger charge is -2.20. The largest absolute Gasteiger partial charge is 0.478 e. The van der Waals surface area contributed by atoms with E-state index in [0.29, 0.717) is 12.3 Å². The molecule has 0 unspecified atom stereocenters. The van der Waals surface area contributed by atoms with Crippen molar-refractivity contribution in [2.24, 2.45) is 0 Å². The summed E-state index contributed by atoms with van der Waals surface area (Å²) < 4.78 is 5.50. The average Bonchev–Trinajstić information content (AvgIpc) is 2.68. The van der Waals surface area contributed by atoms with Crippen LogP contribution in [0.15, 0.2) is 10.5 Å². The van der Waals surface area contributed by atoms with Gasteiger partial charge < -0.3 is 14.4 Å². The molecule has 1 N–H and O–H groups in total. The summed E-state index contributed by atoms with van der Waals surface area (Å²) in [5.74, 6) is 0.275. The Balaban J connectivity index is 2.55. The normalized spacial score (nSPS) is 11.5. The number of carbonyl (C=O) groups is 1. The molecule has 1 aromatic rings. The molecule has 0 fully saturated rings. The molecule has 108 valence electrons. The van der Waals surface area contributed by atoms with E-state index in [1.807, 2.05) is 0 Å². The number of carboxylic acids is 1. The van der Waals surface area contributed by atoms with E-state index in [1.54, 1.807) is 13.0 Å². The van der Waals surface area contributed by atoms with Crippen molar-refractivity contribution in [2.75, 3.05) is 33.7 Å². The number of carboxylic acid groups (broad SMARTS) is 1. The van der Waals surface area contributed by atoms with Gasteiger partial charge in [0.1, 0.15) is 17.1 Å². The van der Waals surface area contributed by atoms with Crippen LogP contribution in [0.1, 0.15) is 35.2 Å². The Kier molecular flexibility index (Phi) is 6.05. The fraction of sp³-hybridized carbons (Fsp3) is 0.643. The number of aryl methyl sites for hydroxylation is 1. The molecule has 0 radical (unpaired) electrons. The highest BCUT2D eigenvalue weighted by Crippen LogP contribution is 2.16. The van der Waals surface area contributed by atoms with Crippen molar-refractivity contribution in [3.05, 3.63) is 23.2 Å². The van der Waals surface area contributed by atoms with Crippen molar-refractivity contribution in [2.45, 2.75) is 26.8 Å². The molecule has 0 amide bonds. The molecular weight excluding hydrogens is 244 g/mol. The van der Waals surface area contributed by atoms with E-state index in [0.717, 1.165) is 31.8 Å². The second-order valence-electron chi connectivity index (χ2n) is 5.01. The Bertz CT molecular complexity index is 413. The summed E-state index contributed by atoms with van der Waals surface area (Å²) in [5.41, 5.74) is 0.263. The minimum atomic E-state index is -0.928. The van der Waals surface area contributed by atoms with Crippen molar-refractivity contribution in [1.29, 1.82) is 0 Å². The lowest BCUT2D eigenvalue weighted by Crippen LogP contribution is -2.26. The first kappa shape index (κ1) is 15.7. The molecule has 19 heavy (non-hydrogen) atoms. The first-order chi connectivity index (χ1) is 8.93. The third kappa shape index (κ3) is 5.04. The highest BCUT2D eigenvalue weighted by molar-refractivity contribution is 5.88. The molecule has 0 aliphatic carbocycles. The van der Waals surface area contributed by atoms with Crippen LogP contribution in [0.25, 0.3) is 0 Å². The molecule has 1 aromatic heterocycles. The number of hydrogen-bond donors (Lipinski definition) is 1. The summed E-state index contributed by atoms with van der Waals surface area (Å²) in [6, 6.07) is 1.63. The van der Waals surface area contributed by atoms with Crippen LogP contribution in [0.5, 0.6) is 0 Å². The predicted molar refractivity (Wildman–Crippen MR) is 74.5 cm³/mol. The second kappa shape index (κ2) is 7.31. The molecule has 0 aliphatic heterocycles. The van der Waals surface area contributed by atoms with Gasteiger partial charge in [-0.1, -0.05) is 6.92 Å². The van der Waals surface area contributed by atoms with Crippen LogP contribution >= 0.6 is 0 Å². The summed E-state index contributed by atoms with van der Waals surface area (Å²) in [4.78, 5) is 15.4. The van der Waals surface area contributed by atoms with Crippen molar-refractivity contribution < 1.29 is 14.3 Å². The van der Waals surface area contributed by atoms with Gasteiger partial charge in [-0.3, -0.25) is 4.90 Å². The third-order valence-corrected chi connectivity index (χ3v) is 3.11. The molecule has 0 spiro atoms. The standard InChI is InChI=1S/C14H24N2O3/c1-5-16(8-6-7-15(3)4)10-12-9-13(14(17)18)11(2)19-12/h9H,5-8,10H2,1-4H3,(H,17,18). The highest BCUT2D eigenvalue weighted by Gasteiger charge is 2.15. The summed E-state index contributed by atoms with van der Waals surface area (Å²) in [5, 5.41) is 8.99. The zero-order chi connectivity index (χ0) is 14.4. The summed E-state index contributed by atoms with van der Waals surface area (Å²) in [7, 11) is 4.12. The molecule has 1 rings (SSSR count). The second-order valence-corrected chi connectivity index (χ2v) is 5.01. The number of hydrogen-bond acceptors (Lipinski definition) is 4. The smallest absolute Gasteiger partial charge is 0.339 e. The predicted octanol–water partition coefficient (Wildman–Crippen LogP) is 2.06. The third-order valence-electron chi connectivity index (χ3n) is 3.11. The van der Waals surface area contributed by atoms with Gasteiger partial charge in [0.15, 0.2) is 0 Å². The SMILES string of the molecule is CCN(CCCN(C)C)Cc1cc(C(=O)O)c(C)o1. The fourth-order valence-corrected chi connectivity index (χ4v) is 2.01. The highest BCUT2D eigenvalue weighted by atomic mass is 16.4. The monoisotopic (exact) mass is 268 g/mol. The van der Waals surface area contributed by atoms with Gasteiger partial charge in [0.2, 0.25) is 0 Å². The zero-order valence-corrected chi connectivity index (χ0v) is 12.3. The van der Waals surface area contributed by atoms with Crippen molar-refractivity contribution in [3.63, 3.8) is 0 Å². The minimum absolute atomic E-state index is 0.263. The van der Waals surface area contributed by atoms with E-state index in [-0.39, 0.29) is 5.56 Å². The molecule has 0 atom stereocenters. The Morgan fingerprint density at radius 1 is 1.37 bits per heavy atom. The van der Waals surface area contributed by atoms with Gasteiger partial charge in [0.25, 0.3) is 0 Å². The van der Waals surface area contributed by atoms with Crippen LogP contribution in [0, 0.1) is 6.92 Å². The van der Waals surface area contributed by atoms with E-state index >= 15 is 0 Å². The van der Waals surface area contributed by atoms with Gasteiger partial charge >= 0.3 is 5.97 Å². The van der Waals surface area contributed by atoms with Gasteiger partial charge in [-0.2, -0.15) is 0 Å². The van der Waals surface area contributed by atoms with E-state index in [1.165, 1.54) is 0 Å². The van der Waals surface area contributed by atoms with E-state index in [2.05, 4.69) is 30.8 Å². The summed E-state index contributed by atoms with van der Waals surface area (Å²) in [6.45, 7) is 7.41. The van der Waals surface area contributed by atoms with Crippen LogP contribution in [0.2, 0.25) is 0 Å². The van der Waals surface area contributed by atoms with E-state index in [9.17, 15) is 4.79 Å². The molecular formula is C14H24N2O3. The average molecular weight is 268 g/mol. The maximum Gasteiger partial charge on any atom is 0.339 e. The van der Waals surface area contributed by atoms with Gasteiger partial charge in [0, 0.05) is 0 Å². The Morgan fingerprint density at radius 3 is 2.53 bits per heavy atom. The summed E-state index contributed by atoms with van der Waals surface area (Å²) in [6.07, 6.45) is 1.09. The quantitative estimate of drug-likeness (QED) is 0.782. The van der Waals surface area contributed by atoms with Crippen LogP contribution in [-0.4, -0.2) is 54.6 Å². The summed E-state index contributed by atoms with van der Waals surface area (Å²) >= 11 is 0. The van der Waals surface area contributed by atoms with Gasteiger partial charge in [-0.15, -0.1) is 0 Å². The molecule has 5 nitrogen and oxygen atoms in total. The molecule has 1 heterocycles. The zero-order valence-electron chi connectivity index (χ0n) is 12.3. The Morgan fingerprint density at radius 2 is 2.05 bits per heavy atom. The molecule has 0 bridgehead atoms. The minimum Gasteiger partial charge on any atom is -0.478 e. The van der Waals surface area contributed by atoms with Crippen molar-refractivity contribution in [1.82, 2.24) is 9.80 Å². The van der Waals surface area contributed by atoms with E-state index in [4.69, 9.17) is 9.52 Å². The molecule has 0 aliphatic rings. The molecule has 5 heteroatoms. The topological polar surface area (TPSA) is 56.9 Å². The van der Waals surface area contributed by atoms with Gasteiger partial charge in [0.05, 0.1) is 6.54 Å². The van der Waals surface area contributed by atoms with E-state index < -0.39 is 5.97 Å². The van der Waals surface area contributed by atoms with Crippen molar-refractivity contribution >= 4 is 5.97 Å². The number of furan rings is 1. The number of aromatic carboxylic acids is 1. The maximum absolute atomic E-state index is 11.0. The number of rotatable bonds is 8. The first-order valence-electron chi connectivity index (χ1n) is 6.63. The Labute approximate surface area is 114 Å². The lowest BCUT2D eigenvalue weighted by molar-refractivity contribution is 0.0695. The van der Waals surface area contributed by atoms with Crippen LogP contribution in [-0.2, 0) is 6.54 Å². The fourth-order valence-electron chi connectivity index (χ4n) is 2.01. The van der Waals surface area contributed by atoms with Gasteiger partial charge in [-0.25, -0.2) is 4.79 Å². The van der Waals surface area contributed by atoms with Crippen LogP contribution < -0.4 is 0 Å². The first-order valence-corrected chi connectivity index (χ1v) is 6.63. The molecule has 0 aromatic carbocycles. The van der Waals surface area contributed by atoms with Crippen LogP contribution in [0.3, 0.4) is 0 Å². The maximum atomic E-state index is 11.0. The van der Waals surface area contributed by atoms with Crippen molar-refractivity contribution in [3.8, 4) is 0 Å². The lowest BCUT2D eigenvalue weighted by atomic mass is 10.2. The Hall–Kier alpha value is -1.33. The molecule has 0 saturated heterocycles.